The van der Waals surface area contributed by atoms with Crippen LogP contribution in [0.2, 0.25) is 0 Å². The SMILES string of the molecule is CCCCCCCCCCCCCCCCCC1NC(=O)N1CCCCCC(=O)N(C)C. The Hall–Kier alpha value is -1.26. The van der Waals surface area contributed by atoms with Crippen molar-refractivity contribution in [3.05, 3.63) is 0 Å². The maximum atomic E-state index is 11.8. The van der Waals surface area contributed by atoms with Gasteiger partial charge in [-0.25, -0.2) is 4.79 Å². The Morgan fingerprint density at radius 3 is 1.69 bits per heavy atom. The zero-order valence-corrected chi connectivity index (χ0v) is 21.6. The lowest BCUT2D eigenvalue weighted by Gasteiger charge is -2.42. The van der Waals surface area contributed by atoms with E-state index < -0.39 is 0 Å². The van der Waals surface area contributed by atoms with Crippen LogP contribution in [0.5, 0.6) is 0 Å². The van der Waals surface area contributed by atoms with Crippen LogP contribution in [-0.2, 0) is 4.79 Å². The minimum Gasteiger partial charge on any atom is -0.349 e. The highest BCUT2D eigenvalue weighted by Crippen LogP contribution is 2.19. The summed E-state index contributed by atoms with van der Waals surface area (Å²) in [5.74, 6) is 0.192. The molecule has 1 saturated heterocycles. The number of carbonyl (C=O) groups is 2. The molecule has 1 N–H and O–H groups in total. The van der Waals surface area contributed by atoms with E-state index in [0.717, 1.165) is 32.2 Å². The Balaban J connectivity index is 1.86. The van der Waals surface area contributed by atoms with E-state index in [0.29, 0.717) is 6.42 Å². The molecule has 1 aliphatic rings. The van der Waals surface area contributed by atoms with E-state index in [9.17, 15) is 9.59 Å². The van der Waals surface area contributed by atoms with Gasteiger partial charge in [0.2, 0.25) is 5.91 Å². The Morgan fingerprint density at radius 2 is 1.22 bits per heavy atom. The van der Waals surface area contributed by atoms with Gasteiger partial charge in [-0.1, -0.05) is 103 Å². The molecule has 5 nitrogen and oxygen atoms in total. The van der Waals surface area contributed by atoms with Crippen molar-refractivity contribution in [3.8, 4) is 0 Å². The average Bonchev–Trinajstić information content (AvgIpc) is 2.77. The number of urea groups is 1. The summed E-state index contributed by atoms with van der Waals surface area (Å²) in [6.07, 6.45) is 25.6. The van der Waals surface area contributed by atoms with Crippen LogP contribution in [0.15, 0.2) is 0 Å². The van der Waals surface area contributed by atoms with Gasteiger partial charge >= 0.3 is 6.03 Å². The van der Waals surface area contributed by atoms with Crippen molar-refractivity contribution in [2.45, 2.75) is 142 Å². The van der Waals surface area contributed by atoms with E-state index in [1.165, 1.54) is 96.3 Å². The van der Waals surface area contributed by atoms with Gasteiger partial charge in [-0.15, -0.1) is 0 Å². The minimum atomic E-state index is 0.0836. The third-order valence-electron chi connectivity index (χ3n) is 6.80. The van der Waals surface area contributed by atoms with Crippen molar-refractivity contribution in [2.75, 3.05) is 20.6 Å². The van der Waals surface area contributed by atoms with Crippen LogP contribution in [0.4, 0.5) is 4.79 Å². The lowest BCUT2D eigenvalue weighted by molar-refractivity contribution is -0.128. The largest absolute Gasteiger partial charge is 0.349 e. The zero-order chi connectivity index (χ0) is 23.4. The molecule has 1 heterocycles. The lowest BCUT2D eigenvalue weighted by atomic mass is 10.0. The first kappa shape index (κ1) is 28.8. The van der Waals surface area contributed by atoms with Crippen LogP contribution >= 0.6 is 0 Å². The standard InChI is InChI=1S/C27H53N3O2/c1-4-5-6-7-8-9-10-11-12-13-14-15-16-17-19-22-25-28-27(32)30(25)24-21-18-20-23-26(31)29(2)3/h25H,4-24H2,1-3H3,(H,28,32). The summed E-state index contributed by atoms with van der Waals surface area (Å²) < 4.78 is 0. The highest BCUT2D eigenvalue weighted by molar-refractivity contribution is 5.80. The van der Waals surface area contributed by atoms with E-state index >= 15 is 0 Å². The molecule has 1 unspecified atom stereocenters. The number of unbranched alkanes of at least 4 members (excludes halogenated alkanes) is 16. The van der Waals surface area contributed by atoms with Crippen molar-refractivity contribution in [1.29, 1.82) is 0 Å². The summed E-state index contributed by atoms with van der Waals surface area (Å²) in [6.45, 7) is 3.11. The van der Waals surface area contributed by atoms with Crippen LogP contribution in [0.1, 0.15) is 135 Å². The molecule has 3 amide bonds. The van der Waals surface area contributed by atoms with Crippen molar-refractivity contribution in [1.82, 2.24) is 15.1 Å². The number of nitrogens with one attached hydrogen (secondary N) is 1. The number of hydrogen-bond acceptors (Lipinski definition) is 2. The molecule has 0 radical (unpaired) electrons. The van der Waals surface area contributed by atoms with Gasteiger partial charge in [0.15, 0.2) is 0 Å². The third-order valence-corrected chi connectivity index (χ3v) is 6.80. The van der Waals surface area contributed by atoms with Gasteiger partial charge in [-0.2, -0.15) is 0 Å². The second-order valence-electron chi connectivity index (χ2n) is 10.00. The molecule has 0 aliphatic carbocycles. The average molecular weight is 452 g/mol. The second-order valence-corrected chi connectivity index (χ2v) is 10.00. The van der Waals surface area contributed by atoms with Crippen molar-refractivity contribution in [2.24, 2.45) is 0 Å². The van der Waals surface area contributed by atoms with Gasteiger partial charge in [0.05, 0.1) is 0 Å². The van der Waals surface area contributed by atoms with Crippen LogP contribution in [-0.4, -0.2) is 48.5 Å². The van der Waals surface area contributed by atoms with E-state index in [4.69, 9.17) is 0 Å². The highest BCUT2D eigenvalue weighted by Gasteiger charge is 2.33. The van der Waals surface area contributed by atoms with E-state index in [2.05, 4.69) is 12.2 Å². The van der Waals surface area contributed by atoms with Crippen LogP contribution in [0.25, 0.3) is 0 Å². The second kappa shape index (κ2) is 19.2. The van der Waals surface area contributed by atoms with Gasteiger partial charge < -0.3 is 15.1 Å². The molecule has 0 aromatic carbocycles. The first-order chi connectivity index (χ1) is 15.6. The number of nitrogens with zero attached hydrogens (tertiary/aromatic N) is 2. The normalized spacial score (nSPS) is 15.5. The fourth-order valence-electron chi connectivity index (χ4n) is 4.53. The molecule has 0 spiro atoms. The summed E-state index contributed by atoms with van der Waals surface area (Å²) in [5.41, 5.74) is 0. The molecule has 0 bridgehead atoms. The molecule has 32 heavy (non-hydrogen) atoms. The van der Waals surface area contributed by atoms with E-state index in [-0.39, 0.29) is 18.1 Å². The van der Waals surface area contributed by atoms with Gasteiger partial charge in [0.25, 0.3) is 0 Å². The Morgan fingerprint density at radius 1 is 0.750 bits per heavy atom. The number of amides is 3. The predicted octanol–water partition coefficient (Wildman–Crippen LogP) is 7.25. The smallest absolute Gasteiger partial charge is 0.320 e. The van der Waals surface area contributed by atoms with Crippen LogP contribution in [0.3, 0.4) is 0 Å². The fraction of sp³-hybridized carbons (Fsp3) is 0.926. The molecular weight excluding hydrogens is 398 g/mol. The predicted molar refractivity (Wildman–Crippen MR) is 136 cm³/mol. The summed E-state index contributed by atoms with van der Waals surface area (Å²) in [6, 6.07) is 0.0836. The van der Waals surface area contributed by atoms with Crippen LogP contribution in [0, 0.1) is 0 Å². The fourth-order valence-corrected chi connectivity index (χ4v) is 4.53. The Labute approximate surface area is 199 Å². The molecule has 0 aromatic rings. The molecule has 1 fully saturated rings. The quantitative estimate of drug-likeness (QED) is 0.176. The van der Waals surface area contributed by atoms with Crippen molar-refractivity contribution < 1.29 is 9.59 Å². The van der Waals surface area contributed by atoms with Gasteiger partial charge in [-0.3, -0.25) is 4.79 Å². The summed E-state index contributed by atoms with van der Waals surface area (Å²) >= 11 is 0. The lowest BCUT2D eigenvalue weighted by Crippen LogP contribution is -2.65. The van der Waals surface area contributed by atoms with Crippen molar-refractivity contribution >= 4 is 11.9 Å². The monoisotopic (exact) mass is 451 g/mol. The molecule has 1 aliphatic heterocycles. The first-order valence-electron chi connectivity index (χ1n) is 13.8. The summed E-state index contributed by atoms with van der Waals surface area (Å²) in [5, 5.41) is 3.04. The zero-order valence-electron chi connectivity index (χ0n) is 21.6. The summed E-state index contributed by atoms with van der Waals surface area (Å²) in [7, 11) is 3.60. The van der Waals surface area contributed by atoms with Crippen LogP contribution < -0.4 is 5.32 Å². The Bertz CT molecular complexity index is 482. The molecule has 1 atom stereocenters. The molecular formula is C27H53N3O2. The number of carbonyl (C=O) groups excluding carboxylic acids is 2. The van der Waals surface area contributed by atoms with E-state index in [1.54, 1.807) is 19.0 Å². The summed E-state index contributed by atoms with van der Waals surface area (Å²) in [4.78, 5) is 27.0. The minimum absolute atomic E-state index is 0.0836. The topological polar surface area (TPSA) is 52.7 Å². The van der Waals surface area contributed by atoms with E-state index in [1.807, 2.05) is 4.90 Å². The molecule has 0 saturated carbocycles. The van der Waals surface area contributed by atoms with Gasteiger partial charge in [-0.05, 0) is 25.7 Å². The molecule has 5 heteroatoms. The maximum absolute atomic E-state index is 11.8. The van der Waals surface area contributed by atoms with Gasteiger partial charge in [0, 0.05) is 27.1 Å². The number of hydrogen-bond donors (Lipinski definition) is 1. The highest BCUT2D eigenvalue weighted by atomic mass is 16.2. The third kappa shape index (κ3) is 14.0. The molecule has 0 aromatic heterocycles. The molecule has 1 rings (SSSR count). The number of rotatable bonds is 22. The molecule has 188 valence electrons. The maximum Gasteiger partial charge on any atom is 0.320 e. The Kier molecular flexibility index (Phi) is 17.3. The first-order valence-corrected chi connectivity index (χ1v) is 13.8. The van der Waals surface area contributed by atoms with Gasteiger partial charge in [0.1, 0.15) is 6.17 Å². The van der Waals surface area contributed by atoms with Crippen molar-refractivity contribution in [3.63, 3.8) is 0 Å².